The maximum atomic E-state index is 13.6. The molecule has 7 nitrogen and oxygen atoms in total. The van der Waals surface area contributed by atoms with Gasteiger partial charge in [-0.1, -0.05) is 60.7 Å². The van der Waals surface area contributed by atoms with Crippen LogP contribution in [0.2, 0.25) is 36.3 Å². The lowest BCUT2D eigenvalue weighted by atomic mass is 10.00. The van der Waals surface area contributed by atoms with Gasteiger partial charge in [-0.15, -0.1) is 11.8 Å². The first-order valence-corrected chi connectivity index (χ1v) is 21.6. The van der Waals surface area contributed by atoms with Gasteiger partial charge in [0.2, 0.25) is 0 Å². The molecule has 11 heteroatoms. The number of benzene rings is 1. The Balaban J connectivity index is 2.14. The molecule has 38 heavy (non-hydrogen) atoms. The summed E-state index contributed by atoms with van der Waals surface area (Å²) in [6.07, 6.45) is 1.25. The van der Waals surface area contributed by atoms with E-state index < -0.39 is 32.7 Å². The summed E-state index contributed by atoms with van der Waals surface area (Å²) in [6, 6.07) is 5.95. The molecular weight excluding hydrogens is 551 g/mol. The van der Waals surface area contributed by atoms with E-state index in [4.69, 9.17) is 4.43 Å². The average molecular weight is 598 g/mol. The van der Waals surface area contributed by atoms with Crippen LogP contribution in [0, 0.1) is 0 Å². The van der Waals surface area contributed by atoms with Gasteiger partial charge in [-0.2, -0.15) is 12.7 Å². The van der Waals surface area contributed by atoms with E-state index in [2.05, 4.69) is 72.7 Å². The zero-order valence-electron chi connectivity index (χ0n) is 25.2. The molecule has 1 aliphatic rings. The summed E-state index contributed by atoms with van der Waals surface area (Å²) in [5, 5.41) is 11.6. The SMILES string of the molecule is CN(C)S(=O)(=O)n1c(C(O)c2ccc3c(c2)C(O[Si](C)(C)C(C)(C)C)CCS3)cnc1[Si](C)(C)C(C)(C)C. The van der Waals surface area contributed by atoms with Crippen molar-refractivity contribution in [1.29, 1.82) is 0 Å². The highest BCUT2D eigenvalue weighted by atomic mass is 32.2. The van der Waals surface area contributed by atoms with Crippen LogP contribution in [0.5, 0.6) is 0 Å². The fourth-order valence-electron chi connectivity index (χ4n) is 4.07. The zero-order valence-corrected chi connectivity index (χ0v) is 28.8. The number of aliphatic hydroxyl groups is 1. The molecule has 1 aromatic carbocycles. The molecular formula is C27H47N3O4S2Si2. The maximum Gasteiger partial charge on any atom is 0.308 e. The second-order valence-electron chi connectivity index (χ2n) is 13.6. The molecule has 2 atom stereocenters. The van der Waals surface area contributed by atoms with Crippen LogP contribution in [0.15, 0.2) is 29.3 Å². The van der Waals surface area contributed by atoms with Crippen LogP contribution in [0.25, 0.3) is 0 Å². The second kappa shape index (κ2) is 10.5. The molecule has 3 rings (SSSR count). The van der Waals surface area contributed by atoms with Crippen molar-refractivity contribution in [3.8, 4) is 0 Å². The summed E-state index contributed by atoms with van der Waals surface area (Å²) in [5.74, 6) is 0.984. The predicted octanol–water partition coefficient (Wildman–Crippen LogP) is 5.89. The van der Waals surface area contributed by atoms with Crippen molar-refractivity contribution in [2.24, 2.45) is 0 Å². The van der Waals surface area contributed by atoms with Gasteiger partial charge in [-0.05, 0) is 52.9 Å². The van der Waals surface area contributed by atoms with Crippen LogP contribution in [0.1, 0.15) is 77.0 Å². The third-order valence-corrected chi connectivity index (χ3v) is 21.5. The number of hydrogen-bond donors (Lipinski definition) is 1. The molecule has 1 N–H and O–H groups in total. The number of aliphatic hydroxyl groups excluding tert-OH is 1. The van der Waals surface area contributed by atoms with Crippen LogP contribution in [-0.4, -0.2) is 63.0 Å². The highest BCUT2D eigenvalue weighted by molar-refractivity contribution is 7.99. The van der Waals surface area contributed by atoms with Crippen molar-refractivity contribution in [2.75, 3.05) is 19.8 Å². The van der Waals surface area contributed by atoms with Gasteiger partial charge in [0.1, 0.15) is 19.6 Å². The van der Waals surface area contributed by atoms with Crippen LogP contribution in [-0.2, 0) is 14.6 Å². The molecule has 2 unspecified atom stereocenters. The molecule has 0 saturated heterocycles. The van der Waals surface area contributed by atoms with Crippen molar-refractivity contribution >= 4 is 43.8 Å². The first kappa shape index (κ1) is 31.6. The third-order valence-electron chi connectivity index (χ3n) is 8.73. The van der Waals surface area contributed by atoms with Gasteiger partial charge in [0.15, 0.2) is 8.32 Å². The Morgan fingerprint density at radius 1 is 1.11 bits per heavy atom. The molecule has 0 bridgehead atoms. The molecule has 0 amide bonds. The molecule has 0 radical (unpaired) electrons. The topological polar surface area (TPSA) is 84.7 Å². The second-order valence-corrected chi connectivity index (χ2v) is 26.7. The van der Waals surface area contributed by atoms with Gasteiger partial charge in [0, 0.05) is 24.7 Å². The van der Waals surface area contributed by atoms with E-state index in [0.717, 1.165) is 22.6 Å². The molecule has 1 aromatic heterocycles. The van der Waals surface area contributed by atoms with E-state index in [0.29, 0.717) is 11.0 Å². The lowest BCUT2D eigenvalue weighted by Gasteiger charge is -2.41. The van der Waals surface area contributed by atoms with Crippen molar-refractivity contribution < 1.29 is 18.0 Å². The van der Waals surface area contributed by atoms with E-state index >= 15 is 0 Å². The number of nitrogens with zero attached hydrogens (tertiary/aromatic N) is 3. The van der Waals surface area contributed by atoms with Gasteiger partial charge in [0.25, 0.3) is 0 Å². The molecule has 2 aromatic rings. The summed E-state index contributed by atoms with van der Waals surface area (Å²) in [6.45, 7) is 21.9. The number of fused-ring (bicyclic) bond motifs is 1. The standard InChI is InChI=1S/C27H47N3O4S2Si2/c1-26(2,3)37(9,10)25-28-18-21(30(25)36(32,33)29(7)8)24(31)19-13-14-23-20(17-19)22(15-16-35-23)34-38(11,12)27(4,5)6/h13-14,17-18,22,24,31H,15-16H2,1-12H3. The minimum Gasteiger partial charge on any atom is -0.410 e. The number of rotatable bonds is 7. The fourth-order valence-corrected chi connectivity index (χ4v) is 10.2. The quantitative estimate of drug-likeness (QED) is 0.401. The Hall–Kier alpha value is -0.956. The van der Waals surface area contributed by atoms with Crippen molar-refractivity contribution in [1.82, 2.24) is 13.3 Å². The van der Waals surface area contributed by atoms with Crippen LogP contribution >= 0.6 is 11.8 Å². The minimum atomic E-state index is -3.92. The molecule has 0 saturated carbocycles. The minimum absolute atomic E-state index is 0.0440. The fraction of sp³-hybridized carbons (Fsp3) is 0.667. The average Bonchev–Trinajstić information content (AvgIpc) is 3.23. The van der Waals surface area contributed by atoms with E-state index in [1.165, 1.54) is 22.4 Å². The molecule has 1 aliphatic heterocycles. The highest BCUT2D eigenvalue weighted by Crippen LogP contribution is 2.45. The van der Waals surface area contributed by atoms with Crippen LogP contribution < -0.4 is 5.45 Å². The zero-order chi connectivity index (χ0) is 29.1. The number of thioether (sulfide) groups is 1. The summed E-state index contributed by atoms with van der Waals surface area (Å²) >= 11 is 1.80. The lowest BCUT2D eigenvalue weighted by molar-refractivity contribution is 0.175. The molecule has 214 valence electrons. The van der Waals surface area contributed by atoms with Crippen molar-refractivity contribution in [3.05, 3.63) is 41.2 Å². The Morgan fingerprint density at radius 2 is 1.71 bits per heavy atom. The first-order valence-electron chi connectivity index (χ1n) is 13.3. The van der Waals surface area contributed by atoms with Crippen LogP contribution in [0.3, 0.4) is 0 Å². The van der Waals surface area contributed by atoms with Gasteiger partial charge < -0.3 is 9.53 Å². The molecule has 0 fully saturated rings. The number of hydrogen-bond acceptors (Lipinski definition) is 6. The maximum absolute atomic E-state index is 13.6. The van der Waals surface area contributed by atoms with Crippen molar-refractivity contribution in [3.63, 3.8) is 0 Å². The Labute approximate surface area is 236 Å². The summed E-state index contributed by atoms with van der Waals surface area (Å²) in [7, 11) is -5.28. The van der Waals surface area contributed by atoms with Gasteiger partial charge in [-0.3, -0.25) is 0 Å². The highest BCUT2D eigenvalue weighted by Gasteiger charge is 2.45. The summed E-state index contributed by atoms with van der Waals surface area (Å²) in [5.41, 5.74) is 2.53. The van der Waals surface area contributed by atoms with E-state index in [-0.39, 0.29) is 21.9 Å². The monoisotopic (exact) mass is 597 g/mol. The largest absolute Gasteiger partial charge is 0.410 e. The molecule has 2 heterocycles. The van der Waals surface area contributed by atoms with Crippen LogP contribution in [0.4, 0.5) is 0 Å². The predicted molar refractivity (Wildman–Crippen MR) is 164 cm³/mol. The van der Waals surface area contributed by atoms with E-state index in [1.807, 2.05) is 18.2 Å². The van der Waals surface area contributed by atoms with Crippen molar-refractivity contribution in [2.45, 2.75) is 101 Å². The Morgan fingerprint density at radius 3 is 2.24 bits per heavy atom. The number of imidazole rings is 1. The lowest BCUT2D eigenvalue weighted by Crippen LogP contribution is -2.56. The number of aromatic nitrogens is 2. The van der Waals surface area contributed by atoms with E-state index in [1.54, 1.807) is 18.0 Å². The smallest absolute Gasteiger partial charge is 0.308 e. The summed E-state index contributed by atoms with van der Waals surface area (Å²) < 4.78 is 36.6. The first-order chi connectivity index (χ1) is 17.1. The normalized spacial score (nSPS) is 18.5. The Kier molecular flexibility index (Phi) is 8.69. The van der Waals surface area contributed by atoms with Gasteiger partial charge >= 0.3 is 10.2 Å². The molecule has 0 aliphatic carbocycles. The Bertz CT molecular complexity index is 1280. The molecule has 0 spiro atoms. The van der Waals surface area contributed by atoms with E-state index in [9.17, 15) is 13.5 Å². The van der Waals surface area contributed by atoms with Gasteiger partial charge in [0.05, 0.1) is 18.0 Å². The van der Waals surface area contributed by atoms with Gasteiger partial charge in [-0.25, -0.2) is 8.96 Å². The third kappa shape index (κ3) is 5.75. The summed E-state index contributed by atoms with van der Waals surface area (Å²) in [4.78, 5) is 5.82.